The largest absolute Gasteiger partial charge is 2.00 e. The summed E-state index contributed by atoms with van der Waals surface area (Å²) in [6.07, 6.45) is 39.4. The van der Waals surface area contributed by atoms with Gasteiger partial charge in [-0.05, 0) is 87.4 Å². The molecule has 0 aromatic rings. The Labute approximate surface area is 285 Å². The number of rotatable bonds is 10. The van der Waals surface area contributed by atoms with E-state index in [1.807, 2.05) is 14.2 Å². The van der Waals surface area contributed by atoms with Crippen molar-refractivity contribution >= 4 is 18.5 Å². The summed E-state index contributed by atoms with van der Waals surface area (Å²) in [6.45, 7) is 0. The molecule has 0 N–H and O–H groups in total. The monoisotopic (exact) mass is 740 g/mol. The number of methoxy groups -OCH3 is 2. The van der Waals surface area contributed by atoms with Gasteiger partial charge in [0, 0.05) is 14.2 Å². The van der Waals surface area contributed by atoms with E-state index in [0.29, 0.717) is 0 Å². The Balaban J connectivity index is 0.000000727. The van der Waals surface area contributed by atoms with E-state index in [1.165, 1.54) is 128 Å². The van der Waals surface area contributed by atoms with Crippen LogP contribution in [0.1, 0.15) is 128 Å². The second-order valence-corrected chi connectivity index (χ2v) is 13.7. The average molecular weight is 742 g/mol. The Hall–Kier alpha value is 1.50. The van der Waals surface area contributed by atoms with Crippen molar-refractivity contribution in [2.45, 2.75) is 140 Å². The van der Waals surface area contributed by atoms with Crippen molar-refractivity contribution in [2.24, 2.45) is 23.7 Å². The summed E-state index contributed by atoms with van der Waals surface area (Å²) in [5, 5.41) is 0. The van der Waals surface area contributed by atoms with Crippen LogP contribution in [0.4, 0.5) is 0 Å². The number of hydrogen-bond donors (Lipinski definition) is 0. The topological polar surface area (TPSA) is 18.5 Å². The molecule has 4 fully saturated rings. The summed E-state index contributed by atoms with van der Waals surface area (Å²) in [7, 11) is 9.54. The van der Waals surface area contributed by atoms with E-state index in [0.717, 1.165) is 36.0 Å². The maximum Gasteiger partial charge on any atom is 2.00 e. The summed E-state index contributed by atoms with van der Waals surface area (Å²) in [5.74, 6) is 3.01. The molecule has 4 aliphatic rings. The maximum absolute atomic E-state index is 6.22. The first kappa shape index (κ1) is 42.5. The van der Waals surface area contributed by atoms with E-state index in [9.17, 15) is 0 Å². The third-order valence-electron chi connectivity index (χ3n) is 10.7. The minimum Gasteiger partial charge on any atom is -1.00 e. The zero-order valence-corrected chi connectivity index (χ0v) is 31.6. The van der Waals surface area contributed by atoms with Crippen molar-refractivity contribution in [3.63, 3.8) is 0 Å². The van der Waals surface area contributed by atoms with Crippen molar-refractivity contribution < 1.29 is 54.7 Å². The van der Waals surface area contributed by atoms with Gasteiger partial charge in [-0.25, -0.2) is 0 Å². The Morgan fingerprint density at radius 2 is 0.707 bits per heavy atom. The van der Waals surface area contributed by atoms with E-state index in [4.69, 9.17) is 9.47 Å². The van der Waals surface area contributed by atoms with E-state index in [2.05, 4.69) is 42.8 Å². The third-order valence-corrected chi connectivity index (χ3v) is 11.3. The van der Waals surface area contributed by atoms with E-state index in [1.54, 1.807) is 0 Å². The molecule has 2 nitrogen and oxygen atoms in total. The van der Waals surface area contributed by atoms with Crippen molar-refractivity contribution in [3.05, 3.63) is 24.3 Å². The van der Waals surface area contributed by atoms with Crippen molar-refractivity contribution in [1.29, 1.82) is 0 Å². The molecule has 0 spiro atoms. The van der Waals surface area contributed by atoms with E-state index in [-0.39, 0.29) is 56.4 Å². The summed E-state index contributed by atoms with van der Waals surface area (Å²) in [6, 6.07) is 0. The first-order valence-electron chi connectivity index (χ1n) is 16.5. The van der Waals surface area contributed by atoms with Crippen LogP contribution in [0.2, 0.25) is 0 Å². The molecular formula is C34H62Cl2O2P2Pd. The van der Waals surface area contributed by atoms with Crippen molar-refractivity contribution in [3.8, 4) is 0 Å². The fourth-order valence-corrected chi connectivity index (χ4v) is 9.01. The molecule has 0 aromatic carbocycles. The number of hydrogen-bond acceptors (Lipinski definition) is 2. The van der Waals surface area contributed by atoms with E-state index < -0.39 is 0 Å². The molecular weight excluding hydrogens is 680 g/mol. The molecule has 4 saturated carbocycles. The van der Waals surface area contributed by atoms with E-state index >= 15 is 0 Å². The molecule has 2 atom stereocenters. The summed E-state index contributed by atoms with van der Waals surface area (Å²) in [5.41, 5.74) is 0.0782. The van der Waals surface area contributed by atoms with Gasteiger partial charge in [0.15, 0.2) is 0 Å². The molecule has 0 saturated heterocycles. The second-order valence-electron chi connectivity index (χ2n) is 12.7. The molecule has 0 bridgehead atoms. The SMILES string of the molecule is COC(C=CCP)(C1CCCCC1)C1CCCCC1.COC(C=CCP)(C1CCCCC1)C1CCCCC1.[Cl-].[Cl-].[Pd+2]. The van der Waals surface area contributed by atoms with Crippen LogP contribution in [0.5, 0.6) is 0 Å². The van der Waals surface area contributed by atoms with Crippen LogP contribution in [0.25, 0.3) is 0 Å². The van der Waals surface area contributed by atoms with Crippen LogP contribution in [0, 0.1) is 23.7 Å². The Kier molecular flexibility index (Phi) is 24.7. The molecule has 41 heavy (non-hydrogen) atoms. The van der Waals surface area contributed by atoms with Gasteiger partial charge in [0.25, 0.3) is 0 Å². The molecule has 7 heteroatoms. The first-order chi connectivity index (χ1) is 18.7. The van der Waals surface area contributed by atoms with Gasteiger partial charge in [0.2, 0.25) is 0 Å². The van der Waals surface area contributed by atoms with Crippen molar-refractivity contribution in [1.82, 2.24) is 0 Å². The fourth-order valence-electron chi connectivity index (χ4n) is 8.73. The molecule has 4 aliphatic carbocycles. The smallest absolute Gasteiger partial charge is 1.00 e. The molecule has 4 rings (SSSR count). The standard InChI is InChI=1S/2C17H31OP.2ClH.Pd/c2*1-18-17(13-8-14-19,15-9-4-2-5-10-15)16-11-6-3-7-12-16;;;/h2*8,13,15-16H,2-7,9-12,14,19H2,1H3;2*1H;/q;;;;+2/p-2. The molecule has 2 unspecified atom stereocenters. The molecule has 0 heterocycles. The summed E-state index contributed by atoms with van der Waals surface area (Å²) >= 11 is 0. The van der Waals surface area contributed by atoms with Crippen LogP contribution in [-0.2, 0) is 29.9 Å². The average Bonchev–Trinajstić information content (AvgIpc) is 3.01. The van der Waals surface area contributed by atoms with Gasteiger partial charge in [0.1, 0.15) is 0 Å². The zero-order chi connectivity index (χ0) is 27.1. The van der Waals surface area contributed by atoms with Crippen molar-refractivity contribution in [2.75, 3.05) is 26.5 Å². The minimum atomic E-state index is 0. The van der Waals surface area contributed by atoms with Gasteiger partial charge in [0.05, 0.1) is 11.2 Å². The van der Waals surface area contributed by atoms with Gasteiger partial charge in [-0.1, -0.05) is 101 Å². The van der Waals surface area contributed by atoms with Gasteiger partial charge < -0.3 is 34.3 Å². The fraction of sp³-hybridized carbons (Fsp3) is 0.882. The predicted octanol–water partition coefficient (Wildman–Crippen LogP) is 3.93. The molecule has 0 aliphatic heterocycles. The number of halogens is 2. The third kappa shape index (κ3) is 12.0. The Morgan fingerprint density at radius 1 is 0.488 bits per heavy atom. The Morgan fingerprint density at radius 3 is 0.878 bits per heavy atom. The minimum absolute atomic E-state index is 0. The van der Waals surface area contributed by atoms with Crippen LogP contribution in [0.3, 0.4) is 0 Å². The number of ether oxygens (including phenoxy) is 2. The van der Waals surface area contributed by atoms with Gasteiger partial charge in [-0.15, -0.1) is 18.5 Å². The summed E-state index contributed by atoms with van der Waals surface area (Å²) < 4.78 is 12.4. The van der Waals surface area contributed by atoms with Crippen LogP contribution >= 0.6 is 18.5 Å². The van der Waals surface area contributed by atoms with Gasteiger partial charge in [-0.3, -0.25) is 0 Å². The molecule has 0 radical (unpaired) electrons. The van der Waals surface area contributed by atoms with Gasteiger partial charge >= 0.3 is 20.4 Å². The summed E-state index contributed by atoms with van der Waals surface area (Å²) in [4.78, 5) is 0. The molecule has 244 valence electrons. The first-order valence-corrected chi connectivity index (χ1v) is 18.2. The predicted molar refractivity (Wildman–Crippen MR) is 173 cm³/mol. The van der Waals surface area contributed by atoms with Gasteiger partial charge in [-0.2, -0.15) is 0 Å². The second kappa shape index (κ2) is 23.8. The van der Waals surface area contributed by atoms with Crippen LogP contribution < -0.4 is 24.8 Å². The normalized spacial score (nSPS) is 22.3. The Bertz CT molecular complexity index is 590. The zero-order valence-electron chi connectivity index (χ0n) is 26.2. The molecule has 0 aromatic heterocycles. The quantitative estimate of drug-likeness (QED) is 0.192. The molecule has 0 amide bonds. The van der Waals surface area contributed by atoms with Crippen LogP contribution in [-0.4, -0.2) is 37.7 Å². The van der Waals surface area contributed by atoms with Crippen LogP contribution in [0.15, 0.2) is 24.3 Å². The number of allylic oxidation sites excluding steroid dienone is 2. The maximum atomic E-state index is 6.22.